The first kappa shape index (κ1) is 17.2. The predicted octanol–water partition coefficient (Wildman–Crippen LogP) is -0.0772. The zero-order valence-electron chi connectivity index (χ0n) is 11.4. The predicted molar refractivity (Wildman–Crippen MR) is 67.2 cm³/mol. The number of imide groups is 1. The van der Waals surface area contributed by atoms with Crippen LogP contribution in [0, 0.1) is 0 Å². The average molecular weight is 272 g/mol. The highest BCUT2D eigenvalue weighted by molar-refractivity contribution is 6.13. The monoisotopic (exact) mass is 272 g/mol. The van der Waals surface area contributed by atoms with Crippen molar-refractivity contribution in [2.24, 2.45) is 5.73 Å². The molecule has 0 saturated heterocycles. The number of hydrogen-bond acceptors (Lipinski definition) is 5. The summed E-state index contributed by atoms with van der Waals surface area (Å²) in [5.74, 6) is -3.78. The highest BCUT2D eigenvalue weighted by atomic mass is 16.4. The van der Waals surface area contributed by atoms with E-state index in [1.165, 1.54) is 0 Å². The van der Waals surface area contributed by atoms with E-state index in [1.807, 2.05) is 0 Å². The third-order valence-corrected chi connectivity index (χ3v) is 2.94. The third-order valence-electron chi connectivity index (χ3n) is 2.94. The molecule has 0 saturated carbocycles. The van der Waals surface area contributed by atoms with Gasteiger partial charge in [0, 0.05) is 13.8 Å². The lowest BCUT2D eigenvalue weighted by Crippen LogP contribution is -2.62. The van der Waals surface area contributed by atoms with Crippen LogP contribution in [0.1, 0.15) is 40.0 Å². The van der Waals surface area contributed by atoms with E-state index >= 15 is 0 Å². The molecular formula is C12H20N2O5. The SMILES string of the molecule is CC(=O)N(C(C)=O)[C@](CCCCN)(C(C)=O)C(=O)O. The fourth-order valence-corrected chi connectivity index (χ4v) is 2.08. The molecule has 108 valence electrons. The Morgan fingerprint density at radius 1 is 1.05 bits per heavy atom. The Balaban J connectivity index is 5.68. The lowest BCUT2D eigenvalue weighted by molar-refractivity contribution is -0.169. The minimum atomic E-state index is -2.13. The van der Waals surface area contributed by atoms with Crippen molar-refractivity contribution >= 4 is 23.6 Å². The lowest BCUT2D eigenvalue weighted by Gasteiger charge is -2.36. The summed E-state index contributed by atoms with van der Waals surface area (Å²) in [5, 5.41) is 9.36. The van der Waals surface area contributed by atoms with Crippen molar-refractivity contribution in [3.63, 3.8) is 0 Å². The van der Waals surface area contributed by atoms with Gasteiger partial charge in [0.2, 0.25) is 17.4 Å². The van der Waals surface area contributed by atoms with E-state index in [9.17, 15) is 24.3 Å². The molecule has 0 bridgehead atoms. The van der Waals surface area contributed by atoms with Gasteiger partial charge in [-0.15, -0.1) is 0 Å². The van der Waals surface area contributed by atoms with E-state index < -0.39 is 29.1 Å². The topological polar surface area (TPSA) is 118 Å². The van der Waals surface area contributed by atoms with Crippen molar-refractivity contribution in [3.8, 4) is 0 Å². The number of carboxylic acids is 1. The molecular weight excluding hydrogens is 252 g/mol. The molecule has 0 aromatic carbocycles. The van der Waals surface area contributed by atoms with Crippen molar-refractivity contribution in [2.45, 2.75) is 45.6 Å². The van der Waals surface area contributed by atoms with Gasteiger partial charge in [0.25, 0.3) is 0 Å². The number of ketones is 1. The van der Waals surface area contributed by atoms with E-state index in [0.717, 1.165) is 20.8 Å². The minimum Gasteiger partial charge on any atom is -0.479 e. The maximum absolute atomic E-state index is 11.8. The average Bonchev–Trinajstić information content (AvgIpc) is 2.25. The van der Waals surface area contributed by atoms with Crippen molar-refractivity contribution in [1.29, 1.82) is 0 Å². The van der Waals surface area contributed by atoms with Crippen LogP contribution in [0.2, 0.25) is 0 Å². The number of rotatable bonds is 7. The molecule has 0 aromatic heterocycles. The summed E-state index contributed by atoms with van der Waals surface area (Å²) >= 11 is 0. The number of nitrogens with zero attached hydrogens (tertiary/aromatic N) is 1. The van der Waals surface area contributed by atoms with Crippen LogP contribution in [-0.2, 0) is 19.2 Å². The van der Waals surface area contributed by atoms with Crippen LogP contribution in [-0.4, -0.2) is 45.7 Å². The number of hydrogen-bond donors (Lipinski definition) is 2. The van der Waals surface area contributed by atoms with Gasteiger partial charge >= 0.3 is 5.97 Å². The van der Waals surface area contributed by atoms with Crippen molar-refractivity contribution in [3.05, 3.63) is 0 Å². The molecule has 0 radical (unpaired) electrons. The third kappa shape index (κ3) is 3.60. The van der Waals surface area contributed by atoms with Gasteiger partial charge in [-0.05, 0) is 32.7 Å². The van der Waals surface area contributed by atoms with Crippen molar-refractivity contribution in [1.82, 2.24) is 4.90 Å². The summed E-state index contributed by atoms with van der Waals surface area (Å²) in [5.41, 5.74) is 3.19. The largest absolute Gasteiger partial charge is 0.479 e. The number of unbranched alkanes of at least 4 members (excludes halogenated alkanes) is 1. The second-order valence-corrected chi connectivity index (χ2v) is 4.34. The minimum absolute atomic E-state index is 0.131. The van der Waals surface area contributed by atoms with Crippen LogP contribution < -0.4 is 5.73 Å². The smallest absolute Gasteiger partial charge is 0.337 e. The summed E-state index contributed by atoms with van der Waals surface area (Å²) in [6, 6.07) is 0. The molecule has 0 aromatic rings. The maximum Gasteiger partial charge on any atom is 0.337 e. The number of nitrogens with two attached hydrogens (primary N) is 1. The summed E-state index contributed by atoms with van der Waals surface area (Å²) in [6.45, 7) is 3.53. The number of carbonyl (C=O) groups is 4. The van der Waals surface area contributed by atoms with Gasteiger partial charge in [-0.25, -0.2) is 4.79 Å². The van der Waals surface area contributed by atoms with Gasteiger partial charge in [0.1, 0.15) is 0 Å². The van der Waals surface area contributed by atoms with Gasteiger partial charge < -0.3 is 10.8 Å². The molecule has 0 aliphatic rings. The van der Waals surface area contributed by atoms with Gasteiger partial charge in [0.05, 0.1) is 0 Å². The molecule has 7 heteroatoms. The van der Waals surface area contributed by atoms with E-state index in [4.69, 9.17) is 5.73 Å². The van der Waals surface area contributed by atoms with Gasteiger partial charge in [0.15, 0.2) is 5.78 Å². The maximum atomic E-state index is 11.8. The highest BCUT2D eigenvalue weighted by Gasteiger charge is 2.51. The highest BCUT2D eigenvalue weighted by Crippen LogP contribution is 2.25. The number of carbonyl (C=O) groups excluding carboxylic acids is 3. The summed E-state index contributed by atoms with van der Waals surface area (Å²) in [6.07, 6.45) is 0.708. The summed E-state index contributed by atoms with van der Waals surface area (Å²) in [4.78, 5) is 46.9. The molecule has 0 fully saturated rings. The van der Waals surface area contributed by atoms with Crippen LogP contribution in [0.3, 0.4) is 0 Å². The Hall–Kier alpha value is -1.76. The van der Waals surface area contributed by atoms with E-state index in [1.54, 1.807) is 0 Å². The first-order chi connectivity index (χ1) is 8.71. The quantitative estimate of drug-likeness (QED) is 0.494. The van der Waals surface area contributed by atoms with Crippen LogP contribution in [0.4, 0.5) is 0 Å². The van der Waals surface area contributed by atoms with Crippen LogP contribution >= 0.6 is 0 Å². The zero-order valence-corrected chi connectivity index (χ0v) is 11.4. The Kier molecular flexibility index (Phi) is 6.34. The zero-order chi connectivity index (χ0) is 15.2. The van der Waals surface area contributed by atoms with E-state index in [-0.39, 0.29) is 6.42 Å². The molecule has 0 spiro atoms. The molecule has 0 heterocycles. The molecule has 19 heavy (non-hydrogen) atoms. The Morgan fingerprint density at radius 3 is 1.79 bits per heavy atom. The lowest BCUT2D eigenvalue weighted by atomic mass is 9.86. The van der Waals surface area contributed by atoms with E-state index in [2.05, 4.69) is 0 Å². The molecule has 0 unspecified atom stereocenters. The number of carboxylic acid groups (broad SMARTS) is 1. The second-order valence-electron chi connectivity index (χ2n) is 4.34. The molecule has 0 aliphatic carbocycles. The number of aliphatic carboxylic acids is 1. The summed E-state index contributed by atoms with van der Waals surface area (Å²) in [7, 11) is 0. The van der Waals surface area contributed by atoms with Crippen LogP contribution in [0.5, 0.6) is 0 Å². The first-order valence-corrected chi connectivity index (χ1v) is 5.97. The Labute approximate surface area is 111 Å². The van der Waals surface area contributed by atoms with Crippen LogP contribution in [0.15, 0.2) is 0 Å². The van der Waals surface area contributed by atoms with Crippen molar-refractivity contribution in [2.75, 3.05) is 6.54 Å². The van der Waals surface area contributed by atoms with Gasteiger partial charge in [-0.3, -0.25) is 19.3 Å². The number of amides is 2. The molecule has 0 rings (SSSR count). The van der Waals surface area contributed by atoms with Crippen molar-refractivity contribution < 1.29 is 24.3 Å². The molecule has 1 atom stereocenters. The standard InChI is InChI=1S/C12H20N2O5/c1-8(15)12(11(18)19,6-4-5-7-13)14(9(2)16)10(3)17/h4-7,13H2,1-3H3,(H,18,19)/t12-/m1/s1. The molecule has 7 nitrogen and oxygen atoms in total. The summed E-state index contributed by atoms with van der Waals surface area (Å²) < 4.78 is 0. The molecule has 2 amide bonds. The normalized spacial score (nSPS) is 13.5. The molecule has 3 N–H and O–H groups in total. The number of Topliss-reactive ketones (excluding diaryl/α,β-unsaturated/α-hetero) is 1. The van der Waals surface area contributed by atoms with Crippen LogP contribution in [0.25, 0.3) is 0 Å². The van der Waals surface area contributed by atoms with E-state index in [0.29, 0.717) is 24.3 Å². The Bertz CT molecular complexity index is 364. The second kappa shape index (κ2) is 6.98. The fraction of sp³-hybridized carbons (Fsp3) is 0.667. The molecule has 0 aliphatic heterocycles. The fourth-order valence-electron chi connectivity index (χ4n) is 2.08. The van der Waals surface area contributed by atoms with Gasteiger partial charge in [-0.2, -0.15) is 0 Å². The first-order valence-electron chi connectivity index (χ1n) is 5.97. The Morgan fingerprint density at radius 2 is 1.53 bits per heavy atom. The van der Waals surface area contributed by atoms with Gasteiger partial charge in [-0.1, -0.05) is 0 Å².